The van der Waals surface area contributed by atoms with Crippen molar-refractivity contribution in [1.29, 1.82) is 0 Å². The quantitative estimate of drug-likeness (QED) is 0.660. The number of rotatable bonds is 2. The van der Waals surface area contributed by atoms with Crippen LogP contribution in [0.2, 0.25) is 5.15 Å². The number of benzene rings is 1. The smallest absolute Gasteiger partial charge is 0.133 e. The van der Waals surface area contributed by atoms with Crippen LogP contribution in [-0.4, -0.2) is 15.0 Å². The largest absolute Gasteiger partial charge is 0.256 e. The third-order valence-electron chi connectivity index (χ3n) is 3.55. The number of fused-ring (bicyclic) bond motifs is 1. The molecule has 1 aliphatic carbocycles. The van der Waals surface area contributed by atoms with Crippen molar-refractivity contribution in [2.75, 3.05) is 0 Å². The predicted octanol–water partition coefficient (Wildman–Crippen LogP) is 4.22. The molecule has 0 unspecified atom stereocenters. The van der Waals surface area contributed by atoms with Crippen LogP contribution in [0, 0.1) is 0 Å². The van der Waals surface area contributed by atoms with Gasteiger partial charge in [-0.3, -0.25) is 4.98 Å². The molecule has 1 fully saturated rings. The van der Waals surface area contributed by atoms with Crippen LogP contribution in [0.4, 0.5) is 0 Å². The first kappa shape index (κ1) is 11.8. The van der Waals surface area contributed by atoms with Crippen LogP contribution >= 0.6 is 11.6 Å². The van der Waals surface area contributed by atoms with E-state index in [1.54, 1.807) is 6.20 Å². The van der Waals surface area contributed by atoms with Crippen molar-refractivity contribution in [2.45, 2.75) is 18.8 Å². The van der Waals surface area contributed by atoms with Crippen LogP contribution in [0.3, 0.4) is 0 Å². The Morgan fingerprint density at radius 2 is 1.95 bits per heavy atom. The second-order valence-electron chi connectivity index (χ2n) is 5.12. The van der Waals surface area contributed by atoms with E-state index in [0.717, 1.165) is 28.0 Å². The fourth-order valence-electron chi connectivity index (χ4n) is 2.34. The highest BCUT2D eigenvalue weighted by Gasteiger charge is 2.27. The Bertz CT molecular complexity index is 797. The van der Waals surface area contributed by atoms with Crippen LogP contribution in [-0.2, 0) is 0 Å². The lowest BCUT2D eigenvalue weighted by Crippen LogP contribution is -1.95. The summed E-state index contributed by atoms with van der Waals surface area (Å²) in [6, 6.07) is 12.0. The van der Waals surface area contributed by atoms with Gasteiger partial charge in [-0.25, -0.2) is 9.97 Å². The standard InChI is InChI=1S/C16H12ClN3/c17-15-9-14(19-16(20-15)10-3-4-10)12-5-6-13-11(8-12)2-1-7-18-13/h1-2,5-10H,3-4H2. The van der Waals surface area contributed by atoms with E-state index >= 15 is 0 Å². The van der Waals surface area contributed by atoms with Crippen molar-refractivity contribution >= 4 is 22.5 Å². The van der Waals surface area contributed by atoms with Gasteiger partial charge in [0.05, 0.1) is 11.2 Å². The van der Waals surface area contributed by atoms with E-state index in [4.69, 9.17) is 11.6 Å². The van der Waals surface area contributed by atoms with Gasteiger partial charge in [-0.05, 0) is 31.0 Å². The molecule has 1 saturated carbocycles. The van der Waals surface area contributed by atoms with Crippen molar-refractivity contribution in [1.82, 2.24) is 15.0 Å². The summed E-state index contributed by atoms with van der Waals surface area (Å²) in [5, 5.41) is 1.62. The van der Waals surface area contributed by atoms with E-state index < -0.39 is 0 Å². The number of hydrogen-bond acceptors (Lipinski definition) is 3. The molecule has 0 bridgehead atoms. The van der Waals surface area contributed by atoms with Crippen molar-refractivity contribution in [3.63, 3.8) is 0 Å². The highest BCUT2D eigenvalue weighted by Crippen LogP contribution is 2.39. The molecule has 3 nitrogen and oxygen atoms in total. The monoisotopic (exact) mass is 281 g/mol. The normalized spacial score (nSPS) is 14.7. The summed E-state index contributed by atoms with van der Waals surface area (Å²) >= 11 is 6.13. The second kappa shape index (κ2) is 4.53. The number of nitrogens with zero attached hydrogens (tertiary/aromatic N) is 3. The summed E-state index contributed by atoms with van der Waals surface area (Å²) in [5.41, 5.74) is 2.92. The topological polar surface area (TPSA) is 38.7 Å². The average molecular weight is 282 g/mol. The predicted molar refractivity (Wildman–Crippen MR) is 79.8 cm³/mol. The number of halogens is 1. The molecule has 0 radical (unpaired) electrons. The maximum atomic E-state index is 6.13. The van der Waals surface area contributed by atoms with Gasteiger partial charge in [-0.15, -0.1) is 0 Å². The molecular weight excluding hydrogens is 270 g/mol. The molecule has 20 heavy (non-hydrogen) atoms. The fraction of sp³-hybridized carbons (Fsp3) is 0.188. The van der Waals surface area contributed by atoms with Gasteiger partial charge >= 0.3 is 0 Å². The van der Waals surface area contributed by atoms with E-state index in [-0.39, 0.29) is 0 Å². The molecule has 0 spiro atoms. The minimum absolute atomic E-state index is 0.495. The van der Waals surface area contributed by atoms with Gasteiger partial charge in [0.25, 0.3) is 0 Å². The van der Waals surface area contributed by atoms with E-state index in [2.05, 4.69) is 27.1 Å². The third kappa shape index (κ3) is 2.14. The van der Waals surface area contributed by atoms with Crippen LogP contribution < -0.4 is 0 Å². The lowest BCUT2D eigenvalue weighted by Gasteiger charge is -2.06. The van der Waals surface area contributed by atoms with E-state index in [0.29, 0.717) is 11.1 Å². The Labute approximate surface area is 121 Å². The highest BCUT2D eigenvalue weighted by atomic mass is 35.5. The first-order chi connectivity index (χ1) is 9.79. The molecular formula is C16H12ClN3. The van der Waals surface area contributed by atoms with Gasteiger partial charge < -0.3 is 0 Å². The summed E-state index contributed by atoms with van der Waals surface area (Å²) in [7, 11) is 0. The van der Waals surface area contributed by atoms with E-state index in [1.165, 1.54) is 12.8 Å². The van der Waals surface area contributed by atoms with Crippen molar-refractivity contribution < 1.29 is 0 Å². The Morgan fingerprint density at radius 3 is 2.80 bits per heavy atom. The Morgan fingerprint density at radius 1 is 1.05 bits per heavy atom. The van der Waals surface area contributed by atoms with Crippen LogP contribution in [0.15, 0.2) is 42.6 Å². The first-order valence-corrected chi connectivity index (χ1v) is 7.07. The third-order valence-corrected chi connectivity index (χ3v) is 3.75. The Balaban J connectivity index is 1.85. The first-order valence-electron chi connectivity index (χ1n) is 6.69. The molecule has 2 heterocycles. The minimum Gasteiger partial charge on any atom is -0.256 e. The van der Waals surface area contributed by atoms with Crippen molar-refractivity contribution in [3.8, 4) is 11.3 Å². The summed E-state index contributed by atoms with van der Waals surface area (Å²) in [5.74, 6) is 1.37. The van der Waals surface area contributed by atoms with Crippen molar-refractivity contribution in [2.24, 2.45) is 0 Å². The fourth-order valence-corrected chi connectivity index (χ4v) is 2.53. The lowest BCUT2D eigenvalue weighted by molar-refractivity contribution is 0.931. The molecule has 1 aliphatic rings. The molecule has 3 aromatic rings. The molecule has 2 aromatic heterocycles. The molecule has 4 rings (SSSR count). The number of hydrogen-bond donors (Lipinski definition) is 0. The molecule has 0 saturated heterocycles. The minimum atomic E-state index is 0.495. The van der Waals surface area contributed by atoms with Crippen LogP contribution in [0.5, 0.6) is 0 Å². The summed E-state index contributed by atoms with van der Waals surface area (Å²) in [6.07, 6.45) is 4.14. The molecule has 4 heteroatoms. The summed E-state index contributed by atoms with van der Waals surface area (Å²) in [6.45, 7) is 0. The van der Waals surface area contributed by atoms with Crippen LogP contribution in [0.25, 0.3) is 22.2 Å². The van der Waals surface area contributed by atoms with Gasteiger partial charge in [0.1, 0.15) is 11.0 Å². The Hall–Kier alpha value is -2.00. The Kier molecular flexibility index (Phi) is 2.67. The van der Waals surface area contributed by atoms with Crippen molar-refractivity contribution in [3.05, 3.63) is 53.6 Å². The zero-order valence-electron chi connectivity index (χ0n) is 10.8. The van der Waals surface area contributed by atoms with Gasteiger partial charge in [-0.1, -0.05) is 23.7 Å². The zero-order chi connectivity index (χ0) is 13.5. The number of aromatic nitrogens is 3. The number of pyridine rings is 1. The maximum Gasteiger partial charge on any atom is 0.133 e. The molecule has 0 amide bonds. The molecule has 0 aliphatic heterocycles. The van der Waals surface area contributed by atoms with Gasteiger partial charge in [0.15, 0.2) is 0 Å². The zero-order valence-corrected chi connectivity index (χ0v) is 11.5. The van der Waals surface area contributed by atoms with E-state index in [9.17, 15) is 0 Å². The van der Waals surface area contributed by atoms with Gasteiger partial charge in [0, 0.05) is 29.1 Å². The maximum absolute atomic E-state index is 6.13. The lowest BCUT2D eigenvalue weighted by atomic mass is 10.1. The molecule has 1 aromatic carbocycles. The second-order valence-corrected chi connectivity index (χ2v) is 5.51. The summed E-state index contributed by atoms with van der Waals surface area (Å²) in [4.78, 5) is 13.3. The van der Waals surface area contributed by atoms with Gasteiger partial charge in [0.2, 0.25) is 0 Å². The highest BCUT2D eigenvalue weighted by molar-refractivity contribution is 6.29. The van der Waals surface area contributed by atoms with Crippen LogP contribution in [0.1, 0.15) is 24.6 Å². The van der Waals surface area contributed by atoms with E-state index in [1.807, 2.05) is 24.3 Å². The molecule has 0 atom stereocenters. The SMILES string of the molecule is Clc1cc(-c2ccc3ncccc3c2)nc(C2CC2)n1. The van der Waals surface area contributed by atoms with Gasteiger partial charge in [-0.2, -0.15) is 0 Å². The summed E-state index contributed by atoms with van der Waals surface area (Å²) < 4.78 is 0. The average Bonchev–Trinajstić information content (AvgIpc) is 3.31. The molecule has 0 N–H and O–H groups in total. The molecule has 98 valence electrons.